The van der Waals surface area contributed by atoms with Crippen molar-refractivity contribution in [3.63, 3.8) is 0 Å². The van der Waals surface area contributed by atoms with Gasteiger partial charge in [-0.25, -0.2) is 0 Å². The van der Waals surface area contributed by atoms with Crippen LogP contribution in [0.4, 0.5) is 0 Å². The van der Waals surface area contributed by atoms with Gasteiger partial charge in [0.05, 0.1) is 12.8 Å². The number of hydrogen-bond acceptors (Lipinski definition) is 2. The molecule has 3 rings (SSSR count). The number of fused-ring (bicyclic) bond motifs is 1. The molecule has 2 nitrogen and oxygen atoms in total. The fourth-order valence-electron chi connectivity index (χ4n) is 2.81. The van der Waals surface area contributed by atoms with E-state index in [0.717, 1.165) is 12.3 Å². The number of aryl methyl sites for hydroxylation is 2. The third kappa shape index (κ3) is 2.90. The van der Waals surface area contributed by atoms with E-state index in [0.29, 0.717) is 6.04 Å². The van der Waals surface area contributed by atoms with E-state index in [-0.39, 0.29) is 0 Å². The molecule has 0 bridgehead atoms. The van der Waals surface area contributed by atoms with Crippen LogP contribution in [0.2, 0.25) is 0 Å². The molecule has 1 aliphatic carbocycles. The van der Waals surface area contributed by atoms with Gasteiger partial charge in [-0.05, 0) is 61.4 Å². The zero-order valence-electron chi connectivity index (χ0n) is 11.5. The average Bonchev–Trinajstić information content (AvgIpc) is 2.97. The smallest absolute Gasteiger partial charge is 0.117 e. The summed E-state index contributed by atoms with van der Waals surface area (Å²) in [4.78, 5) is 0. The summed E-state index contributed by atoms with van der Waals surface area (Å²) in [6, 6.07) is 11.3. The minimum Gasteiger partial charge on any atom is -0.468 e. The van der Waals surface area contributed by atoms with Crippen LogP contribution in [0.25, 0.3) is 0 Å². The molecule has 2 heteroatoms. The first-order valence-electron chi connectivity index (χ1n) is 7.20. The fourth-order valence-corrected chi connectivity index (χ4v) is 2.81. The van der Waals surface area contributed by atoms with Gasteiger partial charge in [0.2, 0.25) is 0 Å². The van der Waals surface area contributed by atoms with E-state index in [1.165, 1.54) is 31.2 Å². The van der Waals surface area contributed by atoms with Crippen LogP contribution in [-0.2, 0) is 19.4 Å². The third-order valence-corrected chi connectivity index (χ3v) is 4.04. The molecule has 1 N–H and O–H groups in total. The predicted molar refractivity (Wildman–Crippen MR) is 77.0 cm³/mol. The summed E-state index contributed by atoms with van der Waals surface area (Å²) in [5.41, 5.74) is 4.48. The molecule has 2 aromatic rings. The second-order valence-electron chi connectivity index (χ2n) is 5.42. The van der Waals surface area contributed by atoms with Crippen molar-refractivity contribution < 1.29 is 4.42 Å². The van der Waals surface area contributed by atoms with Gasteiger partial charge in [-0.2, -0.15) is 0 Å². The van der Waals surface area contributed by atoms with Crippen molar-refractivity contribution in [2.24, 2.45) is 0 Å². The Kier molecular flexibility index (Phi) is 3.69. The highest BCUT2D eigenvalue weighted by Crippen LogP contribution is 2.24. The van der Waals surface area contributed by atoms with Crippen LogP contribution < -0.4 is 5.32 Å². The van der Waals surface area contributed by atoms with E-state index in [9.17, 15) is 0 Å². The molecular weight excluding hydrogens is 234 g/mol. The molecular formula is C17H21NO. The van der Waals surface area contributed by atoms with Crippen molar-refractivity contribution in [2.45, 2.75) is 45.2 Å². The molecule has 0 aliphatic heterocycles. The molecule has 1 aliphatic rings. The van der Waals surface area contributed by atoms with Crippen LogP contribution in [-0.4, -0.2) is 0 Å². The van der Waals surface area contributed by atoms with Crippen LogP contribution in [0, 0.1) is 0 Å². The maximum absolute atomic E-state index is 5.35. The van der Waals surface area contributed by atoms with E-state index in [1.54, 1.807) is 17.4 Å². The van der Waals surface area contributed by atoms with E-state index in [2.05, 4.69) is 30.4 Å². The zero-order valence-corrected chi connectivity index (χ0v) is 11.5. The van der Waals surface area contributed by atoms with Crippen molar-refractivity contribution in [3.05, 3.63) is 59.0 Å². The first-order chi connectivity index (χ1) is 9.33. The molecule has 19 heavy (non-hydrogen) atoms. The number of benzene rings is 1. The molecule has 0 radical (unpaired) electrons. The summed E-state index contributed by atoms with van der Waals surface area (Å²) in [6.07, 6.45) is 6.90. The standard InChI is InChI=1S/C17H21NO/c1-13(18-12-17-7-4-10-19-17)15-9-8-14-5-2-3-6-16(14)11-15/h4,7-11,13,18H,2-3,5-6,12H2,1H3. The summed E-state index contributed by atoms with van der Waals surface area (Å²) >= 11 is 0. The van der Waals surface area contributed by atoms with Crippen LogP contribution in [0.15, 0.2) is 41.0 Å². The molecule has 1 unspecified atom stereocenters. The highest BCUT2D eigenvalue weighted by Gasteiger charge is 2.12. The van der Waals surface area contributed by atoms with Gasteiger partial charge in [0.1, 0.15) is 5.76 Å². The number of nitrogens with one attached hydrogen (secondary N) is 1. The van der Waals surface area contributed by atoms with Crippen molar-refractivity contribution >= 4 is 0 Å². The molecule has 1 aromatic carbocycles. The van der Waals surface area contributed by atoms with E-state index >= 15 is 0 Å². The summed E-state index contributed by atoms with van der Waals surface area (Å²) in [5.74, 6) is 0.991. The fraction of sp³-hybridized carbons (Fsp3) is 0.412. The number of hydrogen-bond donors (Lipinski definition) is 1. The van der Waals surface area contributed by atoms with Crippen LogP contribution in [0.3, 0.4) is 0 Å². The average molecular weight is 255 g/mol. The monoisotopic (exact) mass is 255 g/mol. The van der Waals surface area contributed by atoms with Gasteiger partial charge < -0.3 is 9.73 Å². The van der Waals surface area contributed by atoms with Gasteiger partial charge >= 0.3 is 0 Å². The Bertz CT molecular complexity index is 530. The highest BCUT2D eigenvalue weighted by molar-refractivity contribution is 5.35. The molecule has 0 spiro atoms. The molecule has 1 heterocycles. The molecule has 0 amide bonds. The maximum atomic E-state index is 5.35. The largest absolute Gasteiger partial charge is 0.468 e. The topological polar surface area (TPSA) is 25.2 Å². The van der Waals surface area contributed by atoms with Crippen LogP contribution >= 0.6 is 0 Å². The minimum absolute atomic E-state index is 0.359. The van der Waals surface area contributed by atoms with E-state index in [1.807, 2.05) is 12.1 Å². The Labute approximate surface area is 114 Å². The SMILES string of the molecule is CC(NCc1ccco1)c1ccc2c(c1)CCCC2. The van der Waals surface area contributed by atoms with Crippen molar-refractivity contribution in [1.29, 1.82) is 0 Å². The second-order valence-corrected chi connectivity index (χ2v) is 5.42. The van der Waals surface area contributed by atoms with E-state index in [4.69, 9.17) is 4.42 Å². The normalized spacial score (nSPS) is 16.1. The first-order valence-corrected chi connectivity index (χ1v) is 7.20. The quantitative estimate of drug-likeness (QED) is 0.893. The molecule has 100 valence electrons. The third-order valence-electron chi connectivity index (χ3n) is 4.04. The Morgan fingerprint density at radius 2 is 2.00 bits per heavy atom. The van der Waals surface area contributed by atoms with Crippen molar-refractivity contribution in [2.75, 3.05) is 0 Å². The Hall–Kier alpha value is -1.54. The highest BCUT2D eigenvalue weighted by atomic mass is 16.3. The number of furan rings is 1. The Morgan fingerprint density at radius 3 is 2.79 bits per heavy atom. The lowest BCUT2D eigenvalue weighted by atomic mass is 9.89. The molecule has 1 atom stereocenters. The molecule has 0 fully saturated rings. The van der Waals surface area contributed by atoms with E-state index < -0.39 is 0 Å². The zero-order chi connectivity index (χ0) is 13.1. The lowest BCUT2D eigenvalue weighted by molar-refractivity contribution is 0.460. The Morgan fingerprint density at radius 1 is 1.16 bits per heavy atom. The maximum Gasteiger partial charge on any atom is 0.117 e. The summed E-state index contributed by atoms with van der Waals surface area (Å²) in [6.45, 7) is 3.00. The lowest BCUT2D eigenvalue weighted by Crippen LogP contribution is -2.18. The van der Waals surface area contributed by atoms with Gasteiger partial charge in [-0.1, -0.05) is 18.2 Å². The molecule has 0 saturated carbocycles. The minimum atomic E-state index is 0.359. The molecule has 0 saturated heterocycles. The van der Waals surface area contributed by atoms with Gasteiger partial charge in [0.15, 0.2) is 0 Å². The predicted octanol–water partition coefficient (Wildman–Crippen LogP) is 4.01. The van der Waals surface area contributed by atoms with Crippen molar-refractivity contribution in [1.82, 2.24) is 5.32 Å². The lowest BCUT2D eigenvalue weighted by Gasteiger charge is -2.19. The van der Waals surface area contributed by atoms with Gasteiger partial charge in [0, 0.05) is 6.04 Å². The van der Waals surface area contributed by atoms with Gasteiger partial charge in [-0.3, -0.25) is 0 Å². The van der Waals surface area contributed by atoms with Gasteiger partial charge in [0.25, 0.3) is 0 Å². The van der Waals surface area contributed by atoms with Crippen LogP contribution in [0.1, 0.15) is 48.3 Å². The summed E-state index contributed by atoms with van der Waals surface area (Å²) in [5, 5.41) is 3.51. The Balaban J connectivity index is 1.67. The summed E-state index contributed by atoms with van der Waals surface area (Å²) < 4.78 is 5.35. The molecule has 1 aromatic heterocycles. The second kappa shape index (κ2) is 5.62. The first kappa shape index (κ1) is 12.5. The summed E-state index contributed by atoms with van der Waals surface area (Å²) in [7, 11) is 0. The number of rotatable bonds is 4. The van der Waals surface area contributed by atoms with Crippen molar-refractivity contribution in [3.8, 4) is 0 Å². The van der Waals surface area contributed by atoms with Crippen LogP contribution in [0.5, 0.6) is 0 Å². The van der Waals surface area contributed by atoms with Gasteiger partial charge in [-0.15, -0.1) is 0 Å².